The fourth-order valence-electron chi connectivity index (χ4n) is 14.7. The zero-order valence-corrected chi connectivity index (χ0v) is 52.7. The first-order valence-corrected chi connectivity index (χ1v) is 31.0. The number of hydrogen-bond acceptors (Lipinski definition) is 0. The first kappa shape index (κ1) is 57.4. The molecule has 2 atom stereocenters. The molecule has 0 saturated heterocycles. The van der Waals surface area contributed by atoms with Gasteiger partial charge in [-0.2, -0.15) is 0 Å². The number of hydrogen-bond donors (Lipinski definition) is 0. The molecule has 0 nitrogen and oxygen atoms in total. The molecule has 0 saturated carbocycles. The molecule has 12 rings (SSSR count). The predicted molar refractivity (Wildman–Crippen MR) is 374 cm³/mol. The van der Waals surface area contributed by atoms with Crippen LogP contribution in [0.3, 0.4) is 0 Å². The molecule has 11 aromatic carbocycles. The Labute approximate surface area is 513 Å². The van der Waals surface area contributed by atoms with E-state index in [9.17, 15) is 0 Å². The van der Waals surface area contributed by atoms with Crippen LogP contribution in [0.2, 0.25) is 0 Å². The Balaban J connectivity index is 1.12. The van der Waals surface area contributed by atoms with Gasteiger partial charge in [-0.15, -0.1) is 0 Å². The molecule has 0 N–H and O–H groups in total. The molecule has 0 spiro atoms. The van der Waals surface area contributed by atoms with Crippen LogP contribution >= 0.6 is 0 Å². The number of allylic oxidation sites excluding steroid dienone is 4. The van der Waals surface area contributed by atoms with E-state index in [4.69, 9.17) is 0 Å². The van der Waals surface area contributed by atoms with Crippen molar-refractivity contribution in [2.24, 2.45) is 5.92 Å². The van der Waals surface area contributed by atoms with Gasteiger partial charge in [0.2, 0.25) is 6.71 Å². The fraction of sp³-hybridized carbons (Fsp3) is 0.176. The van der Waals surface area contributed by atoms with Gasteiger partial charge in [-0.3, -0.25) is 0 Å². The molecule has 86 heavy (non-hydrogen) atoms. The summed E-state index contributed by atoms with van der Waals surface area (Å²) < 4.78 is 0. The second kappa shape index (κ2) is 23.8. The lowest BCUT2D eigenvalue weighted by atomic mass is 9.32. The third kappa shape index (κ3) is 10.5. The fourth-order valence-corrected chi connectivity index (χ4v) is 14.7. The summed E-state index contributed by atoms with van der Waals surface area (Å²) in [5.41, 5.74) is 41.8. The Bertz CT molecular complexity index is 4050. The minimum absolute atomic E-state index is 0.0726. The summed E-state index contributed by atoms with van der Waals surface area (Å²) in [7, 11) is 0. The Morgan fingerprint density at radius 3 is 0.721 bits per heavy atom. The smallest absolute Gasteiger partial charge is 0.0808 e. The standard InChI is InChI=1S/C85H79B/c1-52-31-29-30-42-79(52)75-45-74(69-40-27-18-28-41-69)50-78(51-75)82-57(6)63(12)85(64(13)58(82)7)86(83-59(8)53(2)80(54(3)60(83)9)76-46-70(65-32-19-14-20-33-65)43-71(47-76)66-34-21-15-22-35-66)84-61(10)55(4)81(56(5)62(84)11)77-48-72(67-36-23-16-24-37-67)44-73(49-77)68-38-25-17-26-39-68/h14-52,79H,1-13H3. The molecule has 1 heteroatoms. The van der Waals surface area contributed by atoms with Gasteiger partial charge in [0.05, 0.1) is 0 Å². The Kier molecular flexibility index (Phi) is 15.9. The van der Waals surface area contributed by atoms with E-state index in [0.717, 1.165) is 0 Å². The van der Waals surface area contributed by atoms with Crippen LogP contribution in [0.25, 0.3) is 89.0 Å². The van der Waals surface area contributed by atoms with E-state index in [-0.39, 0.29) is 12.6 Å². The second-order valence-corrected chi connectivity index (χ2v) is 24.7. The van der Waals surface area contributed by atoms with E-state index in [0.29, 0.717) is 5.92 Å². The molecule has 0 heterocycles. The van der Waals surface area contributed by atoms with E-state index in [2.05, 4.69) is 321 Å². The lowest BCUT2D eigenvalue weighted by molar-refractivity contribution is 0.635. The molecular formula is C85H79B. The quantitative estimate of drug-likeness (QED) is 0.107. The highest BCUT2D eigenvalue weighted by Crippen LogP contribution is 2.43. The first-order valence-electron chi connectivity index (χ1n) is 31.0. The van der Waals surface area contributed by atoms with Crippen molar-refractivity contribution in [3.63, 3.8) is 0 Å². The van der Waals surface area contributed by atoms with Crippen molar-refractivity contribution in [2.45, 2.75) is 95.9 Å². The summed E-state index contributed by atoms with van der Waals surface area (Å²) in [5, 5.41) is 0. The zero-order chi connectivity index (χ0) is 60.1. The van der Waals surface area contributed by atoms with E-state index in [1.54, 1.807) is 0 Å². The summed E-state index contributed by atoms with van der Waals surface area (Å²) in [6, 6.07) is 76.5. The van der Waals surface area contributed by atoms with Gasteiger partial charge < -0.3 is 0 Å². The van der Waals surface area contributed by atoms with Crippen molar-refractivity contribution in [3.05, 3.63) is 303 Å². The molecule has 2 unspecified atom stereocenters. The third-order valence-corrected chi connectivity index (χ3v) is 19.9. The maximum Gasteiger partial charge on any atom is 0.243 e. The van der Waals surface area contributed by atoms with Crippen LogP contribution in [0, 0.1) is 89.0 Å². The summed E-state index contributed by atoms with van der Waals surface area (Å²) in [6.07, 6.45) is 9.18. The van der Waals surface area contributed by atoms with Gasteiger partial charge in [0.15, 0.2) is 0 Å². The molecule has 0 bridgehead atoms. The SMILES string of the molecule is Cc1c(C)c(-c2cc(-c3ccccc3)cc(-c3ccccc3)c2)c(C)c(C)c1B(c1c(C)c(C)c(-c2cc(-c3ccccc3)cc(-c3ccccc3)c2)c(C)c1C)c1c(C)c(C)c(-c2cc(-c3ccccc3)cc(C3C=CC=CC3C)c2)c(C)c1C. The molecule has 1 aliphatic carbocycles. The number of benzene rings is 11. The van der Waals surface area contributed by atoms with Gasteiger partial charge in [0, 0.05) is 5.92 Å². The molecule has 422 valence electrons. The van der Waals surface area contributed by atoms with Crippen LogP contribution in [-0.4, -0.2) is 6.71 Å². The summed E-state index contributed by atoms with van der Waals surface area (Å²) in [6.45, 7) is 31.3. The Hall–Kier alpha value is -9.04. The molecule has 0 amide bonds. The molecule has 0 aliphatic heterocycles. The van der Waals surface area contributed by atoms with Crippen LogP contribution in [0.4, 0.5) is 0 Å². The van der Waals surface area contributed by atoms with E-state index < -0.39 is 0 Å². The van der Waals surface area contributed by atoms with Gasteiger partial charge in [0.1, 0.15) is 0 Å². The van der Waals surface area contributed by atoms with E-state index >= 15 is 0 Å². The van der Waals surface area contributed by atoms with E-state index in [1.807, 2.05) is 0 Å². The minimum Gasteiger partial charge on any atom is -0.0808 e. The first-order chi connectivity index (χ1) is 41.6. The van der Waals surface area contributed by atoms with Gasteiger partial charge in [-0.05, 0) is 259 Å². The number of rotatable bonds is 12. The Morgan fingerprint density at radius 1 is 0.233 bits per heavy atom. The van der Waals surface area contributed by atoms with Crippen molar-refractivity contribution in [2.75, 3.05) is 0 Å². The molecular weight excluding hydrogens is 1030 g/mol. The van der Waals surface area contributed by atoms with Crippen LogP contribution in [0.15, 0.2) is 231 Å². The minimum atomic E-state index is -0.0726. The van der Waals surface area contributed by atoms with Crippen molar-refractivity contribution in [1.29, 1.82) is 0 Å². The largest absolute Gasteiger partial charge is 0.243 e. The van der Waals surface area contributed by atoms with Crippen molar-refractivity contribution < 1.29 is 0 Å². The van der Waals surface area contributed by atoms with Crippen molar-refractivity contribution in [3.8, 4) is 89.0 Å². The highest BCUT2D eigenvalue weighted by Gasteiger charge is 2.36. The van der Waals surface area contributed by atoms with Gasteiger partial charge in [-0.25, -0.2) is 0 Å². The monoisotopic (exact) mass is 1110 g/mol. The third-order valence-electron chi connectivity index (χ3n) is 19.9. The second-order valence-electron chi connectivity index (χ2n) is 24.7. The molecule has 0 radical (unpaired) electrons. The topological polar surface area (TPSA) is 0 Å². The maximum atomic E-state index is 2.51. The Morgan fingerprint density at radius 2 is 0.453 bits per heavy atom. The molecule has 0 aromatic heterocycles. The van der Waals surface area contributed by atoms with Gasteiger partial charge >= 0.3 is 0 Å². The summed E-state index contributed by atoms with van der Waals surface area (Å²) in [4.78, 5) is 0. The normalized spacial score (nSPS) is 13.8. The lowest BCUT2D eigenvalue weighted by Crippen LogP contribution is -2.58. The molecule has 0 fully saturated rings. The highest BCUT2D eigenvalue weighted by molar-refractivity contribution is 6.97. The van der Waals surface area contributed by atoms with Gasteiger partial charge in [0.25, 0.3) is 0 Å². The average molecular weight is 1110 g/mol. The predicted octanol–water partition coefficient (Wildman–Crippen LogP) is 21.1. The van der Waals surface area contributed by atoms with Crippen LogP contribution in [0.1, 0.15) is 85.2 Å². The van der Waals surface area contributed by atoms with Crippen LogP contribution < -0.4 is 16.4 Å². The van der Waals surface area contributed by atoms with Gasteiger partial charge in [-0.1, -0.05) is 245 Å². The van der Waals surface area contributed by atoms with Crippen LogP contribution in [0.5, 0.6) is 0 Å². The zero-order valence-electron chi connectivity index (χ0n) is 52.7. The maximum absolute atomic E-state index is 2.51. The van der Waals surface area contributed by atoms with Crippen LogP contribution in [-0.2, 0) is 0 Å². The van der Waals surface area contributed by atoms with Crippen molar-refractivity contribution >= 4 is 23.1 Å². The van der Waals surface area contributed by atoms with Crippen molar-refractivity contribution in [1.82, 2.24) is 0 Å². The summed E-state index contributed by atoms with van der Waals surface area (Å²) in [5.74, 6) is 0.672. The molecule has 1 aliphatic rings. The average Bonchev–Trinajstić information content (AvgIpc) is 1.29. The van der Waals surface area contributed by atoms with E-state index in [1.165, 1.54) is 178 Å². The highest BCUT2D eigenvalue weighted by atomic mass is 14.3. The summed E-state index contributed by atoms with van der Waals surface area (Å²) >= 11 is 0. The molecule has 11 aromatic rings. The lowest BCUT2D eigenvalue weighted by Gasteiger charge is -2.33.